The number of rotatable bonds is 10. The number of aryl methyl sites for hydroxylation is 1. The van der Waals surface area contributed by atoms with Crippen LogP contribution in [0.25, 0.3) is 0 Å². The first kappa shape index (κ1) is 25.8. The largest absolute Gasteiger partial charge is 0.493 e. The van der Waals surface area contributed by atoms with Crippen LogP contribution in [-0.2, 0) is 16.6 Å². The molecule has 0 bridgehead atoms. The second-order valence-corrected chi connectivity index (χ2v) is 9.26. The maximum Gasteiger partial charge on any atom is 0.311 e. The molecule has 0 spiro atoms. The third-order valence-corrected chi connectivity index (χ3v) is 7.02. The Bertz CT molecular complexity index is 1010. The van der Waals surface area contributed by atoms with Crippen LogP contribution in [-0.4, -0.2) is 17.6 Å². The van der Waals surface area contributed by atoms with Crippen LogP contribution in [0.4, 0.5) is 0 Å². The number of carbonyl (C=O) groups excluding carboxylic acids is 1. The Kier molecular flexibility index (Phi) is 9.57. The first-order valence-electron chi connectivity index (χ1n) is 13.0. The van der Waals surface area contributed by atoms with Crippen molar-refractivity contribution < 1.29 is 14.3 Å². The minimum Gasteiger partial charge on any atom is -0.493 e. The average molecular weight is 462 g/mol. The van der Waals surface area contributed by atoms with E-state index >= 15 is 0 Å². The number of fused-ring (bicyclic) bond motifs is 1. The Balaban J connectivity index is 1.90. The predicted molar refractivity (Wildman–Crippen MR) is 137 cm³/mol. The molecule has 1 aromatic heterocycles. The summed E-state index contributed by atoms with van der Waals surface area (Å²) in [7, 11) is 0. The van der Waals surface area contributed by atoms with Crippen LogP contribution in [0.1, 0.15) is 108 Å². The van der Waals surface area contributed by atoms with Gasteiger partial charge in [-0.25, -0.2) is 4.98 Å². The molecule has 0 atom stereocenters. The van der Waals surface area contributed by atoms with E-state index in [4.69, 9.17) is 9.47 Å². The number of benzene rings is 1. The molecule has 2 aromatic rings. The lowest BCUT2D eigenvalue weighted by molar-refractivity contribution is -0.134. The summed E-state index contributed by atoms with van der Waals surface area (Å²) in [4.78, 5) is 16.1. The number of hydrogen-bond acceptors (Lipinski definition) is 4. The number of hydrogen-bond donors (Lipinski definition) is 0. The molecule has 1 aliphatic heterocycles. The van der Waals surface area contributed by atoms with Crippen LogP contribution < -0.4 is 9.47 Å². The van der Waals surface area contributed by atoms with Crippen molar-refractivity contribution in [3.8, 4) is 23.3 Å². The summed E-state index contributed by atoms with van der Waals surface area (Å²) in [5.41, 5.74) is 4.46. The number of aromatic nitrogens is 1. The molecule has 0 fully saturated rings. The molecule has 34 heavy (non-hydrogen) atoms. The highest BCUT2D eigenvalue weighted by molar-refractivity contribution is 5.72. The summed E-state index contributed by atoms with van der Waals surface area (Å²) in [6.07, 6.45) is 11.9. The van der Waals surface area contributed by atoms with Crippen LogP contribution in [0.5, 0.6) is 11.5 Å². The average Bonchev–Trinajstić information content (AvgIpc) is 2.86. The van der Waals surface area contributed by atoms with Gasteiger partial charge in [-0.05, 0) is 74.3 Å². The molecule has 4 heteroatoms. The number of unbranched alkanes of at least 4 members (excludes halogenated alkanes) is 3. The molecule has 0 saturated carbocycles. The molecule has 1 aromatic carbocycles. The van der Waals surface area contributed by atoms with E-state index < -0.39 is 0 Å². The van der Waals surface area contributed by atoms with Crippen molar-refractivity contribution >= 4 is 5.97 Å². The van der Waals surface area contributed by atoms with Gasteiger partial charge < -0.3 is 9.47 Å². The third-order valence-electron chi connectivity index (χ3n) is 7.02. The fraction of sp³-hybridized carbons (Fsp3) is 0.533. The zero-order chi connectivity index (χ0) is 24.4. The Morgan fingerprint density at radius 3 is 2.56 bits per heavy atom. The van der Waals surface area contributed by atoms with Gasteiger partial charge >= 0.3 is 5.97 Å². The van der Waals surface area contributed by atoms with Gasteiger partial charge in [-0.1, -0.05) is 52.9 Å². The highest BCUT2D eigenvalue weighted by Crippen LogP contribution is 2.44. The maximum absolute atomic E-state index is 11.7. The Morgan fingerprint density at radius 2 is 1.88 bits per heavy atom. The van der Waals surface area contributed by atoms with E-state index in [0.29, 0.717) is 17.9 Å². The zero-order valence-electron chi connectivity index (χ0n) is 21.3. The first-order valence-corrected chi connectivity index (χ1v) is 13.0. The molecule has 0 saturated heterocycles. The maximum atomic E-state index is 11.7. The SMILES string of the molecule is CCCCCCc1cc2c(cc1C#Cc1ccc(OC(=O)CCC)cn1)C(CC)(CC)CCO2. The van der Waals surface area contributed by atoms with Gasteiger partial charge in [-0.15, -0.1) is 0 Å². The molecular formula is C30H39NO3. The topological polar surface area (TPSA) is 48.4 Å². The fourth-order valence-electron chi connectivity index (χ4n) is 4.73. The quantitative estimate of drug-likeness (QED) is 0.214. The van der Waals surface area contributed by atoms with Gasteiger partial charge in [0, 0.05) is 23.0 Å². The fourth-order valence-corrected chi connectivity index (χ4v) is 4.73. The minimum absolute atomic E-state index is 0.160. The van der Waals surface area contributed by atoms with Crippen molar-refractivity contribution in [3.05, 3.63) is 52.8 Å². The number of nitrogens with zero attached hydrogens (tertiary/aromatic N) is 1. The first-order chi connectivity index (χ1) is 16.5. The van der Waals surface area contributed by atoms with Crippen molar-refractivity contribution in [2.24, 2.45) is 0 Å². The van der Waals surface area contributed by atoms with Gasteiger partial charge in [0.05, 0.1) is 12.8 Å². The minimum atomic E-state index is -0.234. The highest BCUT2D eigenvalue weighted by Gasteiger charge is 2.35. The van der Waals surface area contributed by atoms with Crippen LogP contribution in [0.3, 0.4) is 0 Å². The Labute approximate surface area is 205 Å². The summed E-state index contributed by atoms with van der Waals surface area (Å²) < 4.78 is 11.4. The normalized spacial score (nSPS) is 13.9. The lowest BCUT2D eigenvalue weighted by Crippen LogP contribution is -2.32. The molecule has 1 aliphatic rings. The van der Waals surface area contributed by atoms with Gasteiger partial charge in [0.1, 0.15) is 17.2 Å². The van der Waals surface area contributed by atoms with Crippen LogP contribution in [0.15, 0.2) is 30.5 Å². The van der Waals surface area contributed by atoms with E-state index in [-0.39, 0.29) is 11.4 Å². The lowest BCUT2D eigenvalue weighted by atomic mass is 9.71. The highest BCUT2D eigenvalue weighted by atomic mass is 16.5. The van der Waals surface area contributed by atoms with E-state index in [1.807, 2.05) is 13.0 Å². The van der Waals surface area contributed by atoms with E-state index in [1.54, 1.807) is 12.3 Å². The molecule has 0 N–H and O–H groups in total. The molecule has 2 heterocycles. The van der Waals surface area contributed by atoms with E-state index in [1.165, 1.54) is 30.4 Å². The van der Waals surface area contributed by atoms with Gasteiger partial charge in [0.25, 0.3) is 0 Å². The van der Waals surface area contributed by atoms with Gasteiger partial charge in [0.2, 0.25) is 0 Å². The molecule has 0 unspecified atom stereocenters. The lowest BCUT2D eigenvalue weighted by Gasteiger charge is -2.38. The van der Waals surface area contributed by atoms with E-state index in [9.17, 15) is 4.79 Å². The number of pyridine rings is 1. The van der Waals surface area contributed by atoms with Crippen LogP contribution in [0, 0.1) is 11.8 Å². The van der Waals surface area contributed by atoms with Gasteiger partial charge in [-0.2, -0.15) is 0 Å². The second kappa shape index (κ2) is 12.6. The smallest absolute Gasteiger partial charge is 0.311 e. The van der Waals surface area contributed by atoms with Crippen molar-refractivity contribution in [3.63, 3.8) is 0 Å². The molecule has 0 amide bonds. The number of ether oxygens (including phenoxy) is 2. The van der Waals surface area contributed by atoms with Gasteiger partial charge in [-0.3, -0.25) is 4.79 Å². The summed E-state index contributed by atoms with van der Waals surface area (Å²) in [6, 6.07) is 8.10. The number of carbonyl (C=O) groups is 1. The van der Waals surface area contributed by atoms with E-state index in [0.717, 1.165) is 56.4 Å². The summed E-state index contributed by atoms with van der Waals surface area (Å²) in [6.45, 7) is 9.53. The molecule has 3 rings (SSSR count). The monoisotopic (exact) mass is 461 g/mol. The number of esters is 1. The predicted octanol–water partition coefficient (Wildman–Crippen LogP) is 7.15. The van der Waals surface area contributed by atoms with Gasteiger partial charge in [0.15, 0.2) is 0 Å². The van der Waals surface area contributed by atoms with Crippen molar-refractivity contribution in [1.82, 2.24) is 4.98 Å². The zero-order valence-corrected chi connectivity index (χ0v) is 21.3. The summed E-state index contributed by atoms with van der Waals surface area (Å²) in [5, 5.41) is 0. The third kappa shape index (κ3) is 6.41. The molecule has 0 radical (unpaired) electrons. The molecular weight excluding hydrogens is 422 g/mol. The van der Waals surface area contributed by atoms with Crippen LogP contribution in [0.2, 0.25) is 0 Å². The molecule has 4 nitrogen and oxygen atoms in total. The van der Waals surface area contributed by atoms with Crippen molar-refractivity contribution in [1.29, 1.82) is 0 Å². The van der Waals surface area contributed by atoms with Crippen molar-refractivity contribution in [2.75, 3.05) is 6.61 Å². The molecule has 182 valence electrons. The van der Waals surface area contributed by atoms with E-state index in [2.05, 4.69) is 49.7 Å². The standard InChI is InChI=1S/C30H39NO3/c1-5-9-10-11-13-23-21-28-27(30(7-3,8-4)18-19-33-28)20-24(23)14-15-25-16-17-26(22-31-25)34-29(32)12-6-2/h16-17,20-22H,5-13,18-19H2,1-4H3. The van der Waals surface area contributed by atoms with Crippen molar-refractivity contribution in [2.45, 2.75) is 97.3 Å². The molecule has 0 aliphatic carbocycles. The second-order valence-electron chi connectivity index (χ2n) is 9.26. The Hall–Kier alpha value is -2.80. The summed E-state index contributed by atoms with van der Waals surface area (Å²) in [5.74, 6) is 7.92. The summed E-state index contributed by atoms with van der Waals surface area (Å²) >= 11 is 0. The van der Waals surface area contributed by atoms with Crippen LogP contribution >= 0.6 is 0 Å². The Morgan fingerprint density at radius 1 is 1.06 bits per heavy atom.